The summed E-state index contributed by atoms with van der Waals surface area (Å²) in [4.78, 5) is 16.2. The minimum Gasteiger partial charge on any atom is -0.384 e. The fourth-order valence-electron chi connectivity index (χ4n) is 2.33. The van der Waals surface area contributed by atoms with Gasteiger partial charge >= 0.3 is 0 Å². The zero-order valence-electron chi connectivity index (χ0n) is 11.4. The van der Waals surface area contributed by atoms with Gasteiger partial charge in [-0.15, -0.1) is 0 Å². The Balaban J connectivity index is 1.56. The Bertz CT molecular complexity index is 634. The maximum Gasteiger partial charge on any atom is 0.251 e. The van der Waals surface area contributed by atoms with Crippen molar-refractivity contribution in [1.82, 2.24) is 20.1 Å². The number of amides is 1. The Morgan fingerprint density at radius 1 is 1.50 bits per heavy atom. The van der Waals surface area contributed by atoms with Crippen molar-refractivity contribution in [3.05, 3.63) is 41.5 Å². The van der Waals surface area contributed by atoms with E-state index in [9.17, 15) is 4.79 Å². The van der Waals surface area contributed by atoms with Gasteiger partial charge in [0, 0.05) is 37.8 Å². The lowest BCUT2D eigenvalue weighted by molar-refractivity contribution is 0.0954. The average molecular weight is 271 g/mol. The summed E-state index contributed by atoms with van der Waals surface area (Å²) in [6.07, 6.45) is 3.28. The van der Waals surface area contributed by atoms with Crippen molar-refractivity contribution < 1.29 is 4.79 Å². The zero-order valence-corrected chi connectivity index (χ0v) is 11.4. The highest BCUT2D eigenvalue weighted by molar-refractivity contribution is 5.95. The van der Waals surface area contributed by atoms with Crippen molar-refractivity contribution in [2.75, 3.05) is 18.4 Å². The summed E-state index contributed by atoms with van der Waals surface area (Å²) in [5.74, 6) is 0.696. The SMILES string of the molecule is Cn1cnc(CCNC(=O)c2ccc3c(c2)CCN3)n1. The van der Waals surface area contributed by atoms with Gasteiger partial charge < -0.3 is 10.6 Å². The molecule has 2 heterocycles. The zero-order chi connectivity index (χ0) is 13.9. The minimum atomic E-state index is -0.0457. The fraction of sp³-hybridized carbons (Fsp3) is 0.357. The lowest BCUT2D eigenvalue weighted by Gasteiger charge is -2.06. The van der Waals surface area contributed by atoms with Crippen LogP contribution in [0.2, 0.25) is 0 Å². The van der Waals surface area contributed by atoms with Gasteiger partial charge in [0.15, 0.2) is 5.82 Å². The maximum atomic E-state index is 12.1. The second-order valence-electron chi connectivity index (χ2n) is 4.89. The summed E-state index contributed by atoms with van der Waals surface area (Å²) < 4.78 is 1.66. The third kappa shape index (κ3) is 2.64. The normalized spacial score (nSPS) is 12.8. The van der Waals surface area contributed by atoms with Gasteiger partial charge in [-0.25, -0.2) is 4.98 Å². The lowest BCUT2D eigenvalue weighted by atomic mass is 10.1. The number of hydrogen-bond acceptors (Lipinski definition) is 4. The average Bonchev–Trinajstić information content (AvgIpc) is 3.06. The van der Waals surface area contributed by atoms with Crippen LogP contribution in [0.25, 0.3) is 0 Å². The molecular formula is C14H17N5O. The van der Waals surface area contributed by atoms with Crippen molar-refractivity contribution in [3.8, 4) is 0 Å². The first kappa shape index (κ1) is 12.7. The van der Waals surface area contributed by atoms with Crippen LogP contribution in [0.15, 0.2) is 24.5 Å². The van der Waals surface area contributed by atoms with Crippen LogP contribution in [0.4, 0.5) is 5.69 Å². The van der Waals surface area contributed by atoms with Crippen molar-refractivity contribution in [2.24, 2.45) is 7.05 Å². The molecule has 0 bridgehead atoms. The Labute approximate surface area is 117 Å². The Kier molecular flexibility index (Phi) is 3.37. The smallest absolute Gasteiger partial charge is 0.251 e. The highest BCUT2D eigenvalue weighted by atomic mass is 16.1. The number of carbonyl (C=O) groups excluding carboxylic acids is 1. The maximum absolute atomic E-state index is 12.1. The summed E-state index contributed by atoms with van der Waals surface area (Å²) in [6.45, 7) is 1.49. The molecule has 1 aliphatic heterocycles. The minimum absolute atomic E-state index is 0.0457. The topological polar surface area (TPSA) is 71.8 Å². The molecule has 0 saturated heterocycles. The van der Waals surface area contributed by atoms with Crippen LogP contribution >= 0.6 is 0 Å². The summed E-state index contributed by atoms with van der Waals surface area (Å²) >= 11 is 0. The van der Waals surface area contributed by atoms with Crippen LogP contribution in [0.3, 0.4) is 0 Å². The summed E-state index contributed by atoms with van der Waals surface area (Å²) in [5.41, 5.74) is 3.06. The molecule has 2 aromatic rings. The molecule has 1 aromatic heterocycles. The molecule has 3 rings (SSSR count). The first-order valence-corrected chi connectivity index (χ1v) is 6.72. The van der Waals surface area contributed by atoms with Gasteiger partial charge in [0.1, 0.15) is 6.33 Å². The molecule has 0 spiro atoms. The molecule has 1 aromatic carbocycles. The Morgan fingerprint density at radius 2 is 2.40 bits per heavy atom. The molecule has 0 radical (unpaired) electrons. The number of benzene rings is 1. The second-order valence-corrected chi connectivity index (χ2v) is 4.89. The van der Waals surface area contributed by atoms with Crippen LogP contribution < -0.4 is 10.6 Å². The van der Waals surface area contributed by atoms with Crippen molar-refractivity contribution >= 4 is 11.6 Å². The van der Waals surface area contributed by atoms with E-state index in [2.05, 4.69) is 20.7 Å². The standard InChI is InChI=1S/C14H17N5O/c1-19-9-17-13(18-19)5-7-16-14(20)11-2-3-12-10(8-11)4-6-15-12/h2-3,8-9,15H,4-7H2,1H3,(H,16,20). The van der Waals surface area contributed by atoms with Crippen LogP contribution in [-0.2, 0) is 19.9 Å². The van der Waals surface area contributed by atoms with Gasteiger partial charge in [0.05, 0.1) is 0 Å². The molecule has 1 amide bonds. The van der Waals surface area contributed by atoms with E-state index < -0.39 is 0 Å². The lowest BCUT2D eigenvalue weighted by Crippen LogP contribution is -2.26. The molecule has 6 nitrogen and oxygen atoms in total. The van der Waals surface area contributed by atoms with E-state index in [1.165, 1.54) is 5.56 Å². The van der Waals surface area contributed by atoms with Gasteiger partial charge in [-0.2, -0.15) is 5.10 Å². The summed E-state index contributed by atoms with van der Waals surface area (Å²) in [6, 6.07) is 5.78. The molecule has 20 heavy (non-hydrogen) atoms. The number of anilines is 1. The van der Waals surface area contributed by atoms with Gasteiger partial charge in [-0.05, 0) is 30.2 Å². The highest BCUT2D eigenvalue weighted by Crippen LogP contribution is 2.22. The third-order valence-electron chi connectivity index (χ3n) is 3.36. The van der Waals surface area contributed by atoms with Crippen LogP contribution in [0.5, 0.6) is 0 Å². The molecule has 104 valence electrons. The molecule has 0 atom stereocenters. The van der Waals surface area contributed by atoms with E-state index in [1.54, 1.807) is 11.0 Å². The second kappa shape index (κ2) is 5.32. The molecule has 0 saturated carbocycles. The quantitative estimate of drug-likeness (QED) is 0.861. The van der Waals surface area contributed by atoms with Gasteiger partial charge in [-0.1, -0.05) is 0 Å². The monoisotopic (exact) mass is 271 g/mol. The predicted octanol–water partition coefficient (Wildman–Crippen LogP) is 0.756. The molecule has 0 aliphatic carbocycles. The van der Waals surface area contributed by atoms with Crippen molar-refractivity contribution in [1.29, 1.82) is 0 Å². The van der Waals surface area contributed by atoms with E-state index in [-0.39, 0.29) is 5.91 Å². The number of nitrogens with zero attached hydrogens (tertiary/aromatic N) is 3. The molecule has 0 fully saturated rings. The Hall–Kier alpha value is -2.37. The number of carbonyl (C=O) groups is 1. The molecular weight excluding hydrogens is 254 g/mol. The van der Waals surface area contributed by atoms with Crippen LogP contribution in [-0.4, -0.2) is 33.8 Å². The number of aryl methyl sites for hydroxylation is 1. The number of hydrogen-bond donors (Lipinski definition) is 2. The highest BCUT2D eigenvalue weighted by Gasteiger charge is 2.13. The molecule has 6 heteroatoms. The Morgan fingerprint density at radius 3 is 3.20 bits per heavy atom. The van der Waals surface area contributed by atoms with Gasteiger partial charge in [-0.3, -0.25) is 9.48 Å². The number of rotatable bonds is 4. The number of aromatic nitrogens is 3. The van der Waals surface area contributed by atoms with Crippen LogP contribution in [0, 0.1) is 0 Å². The van der Waals surface area contributed by atoms with Crippen LogP contribution in [0.1, 0.15) is 21.7 Å². The van der Waals surface area contributed by atoms with Gasteiger partial charge in [0.2, 0.25) is 0 Å². The molecule has 0 unspecified atom stereocenters. The van der Waals surface area contributed by atoms with E-state index >= 15 is 0 Å². The largest absolute Gasteiger partial charge is 0.384 e. The third-order valence-corrected chi connectivity index (χ3v) is 3.36. The first-order chi connectivity index (χ1) is 9.72. The number of nitrogens with one attached hydrogen (secondary N) is 2. The number of fused-ring (bicyclic) bond motifs is 1. The molecule has 2 N–H and O–H groups in total. The van der Waals surface area contributed by atoms with E-state index in [1.807, 2.05) is 25.2 Å². The summed E-state index contributed by atoms with van der Waals surface area (Å²) in [5, 5.41) is 10.4. The van der Waals surface area contributed by atoms with Crippen molar-refractivity contribution in [3.63, 3.8) is 0 Å². The van der Waals surface area contributed by atoms with E-state index in [4.69, 9.17) is 0 Å². The molecule has 1 aliphatic rings. The predicted molar refractivity (Wildman–Crippen MR) is 75.7 cm³/mol. The first-order valence-electron chi connectivity index (χ1n) is 6.72. The van der Waals surface area contributed by atoms with E-state index in [0.717, 1.165) is 24.5 Å². The van der Waals surface area contributed by atoms with Crippen molar-refractivity contribution in [2.45, 2.75) is 12.8 Å². The summed E-state index contributed by atoms with van der Waals surface area (Å²) in [7, 11) is 1.83. The van der Waals surface area contributed by atoms with E-state index in [0.29, 0.717) is 18.5 Å². The van der Waals surface area contributed by atoms with Gasteiger partial charge in [0.25, 0.3) is 5.91 Å². The fourth-order valence-corrected chi connectivity index (χ4v) is 2.33.